The van der Waals surface area contributed by atoms with Crippen molar-refractivity contribution in [1.82, 2.24) is 19.7 Å². The van der Waals surface area contributed by atoms with Gasteiger partial charge in [0.25, 0.3) is 0 Å². The minimum absolute atomic E-state index is 0.119. The van der Waals surface area contributed by atoms with Crippen LogP contribution in [-0.2, 0) is 18.4 Å². The van der Waals surface area contributed by atoms with E-state index in [1.165, 1.54) is 23.1 Å². The molecule has 1 N–H and O–H groups in total. The number of hydrogen-bond donors (Lipinski definition) is 1. The van der Waals surface area contributed by atoms with Crippen LogP contribution in [-0.4, -0.2) is 30.9 Å². The maximum Gasteiger partial charge on any atom is 0.239 e. The molecule has 2 aromatic heterocycles. The molecule has 0 aliphatic rings. The number of anilines is 1. The summed E-state index contributed by atoms with van der Waals surface area (Å²) < 4.78 is 7.84. The third-order valence-corrected chi connectivity index (χ3v) is 5.96. The van der Waals surface area contributed by atoms with Crippen LogP contribution in [0, 0.1) is 0 Å². The lowest BCUT2D eigenvalue weighted by atomic mass is 10.0. The van der Waals surface area contributed by atoms with Crippen LogP contribution in [0.3, 0.4) is 0 Å². The van der Waals surface area contributed by atoms with E-state index in [9.17, 15) is 4.79 Å². The topological polar surface area (TPSA) is 81.9 Å². The second-order valence-corrected chi connectivity index (χ2v) is 8.73. The standard InChI is InChI=1S/C19H23N5O2S2/c1-12(2)14-7-5-6-8-15(14)26-11-16-22-23-19(24(16)4)28-13(3)17(25)21-18-20-9-10-27-18/h5-10,12-13H,11H2,1-4H3,(H,20,21,25)/t13-/m1/s1. The number of para-hydroxylation sites is 1. The summed E-state index contributed by atoms with van der Waals surface area (Å²) in [6.07, 6.45) is 1.66. The van der Waals surface area contributed by atoms with Gasteiger partial charge in [-0.1, -0.05) is 43.8 Å². The summed E-state index contributed by atoms with van der Waals surface area (Å²) in [4.78, 5) is 16.4. The fourth-order valence-electron chi connectivity index (χ4n) is 2.51. The van der Waals surface area contributed by atoms with Crippen molar-refractivity contribution in [1.29, 1.82) is 0 Å². The zero-order valence-corrected chi connectivity index (χ0v) is 17.9. The molecule has 0 fully saturated rings. The molecule has 1 amide bonds. The number of aromatic nitrogens is 4. The third kappa shape index (κ3) is 4.90. The number of nitrogens with one attached hydrogen (secondary N) is 1. The zero-order valence-electron chi connectivity index (χ0n) is 16.2. The molecule has 0 bridgehead atoms. The quantitative estimate of drug-likeness (QED) is 0.556. The Balaban J connectivity index is 1.61. The second kappa shape index (κ2) is 9.20. The van der Waals surface area contributed by atoms with Gasteiger partial charge >= 0.3 is 0 Å². The molecule has 1 aromatic carbocycles. The molecular weight excluding hydrogens is 394 g/mol. The summed E-state index contributed by atoms with van der Waals surface area (Å²) in [5.74, 6) is 1.81. The summed E-state index contributed by atoms with van der Waals surface area (Å²) in [5, 5.41) is 14.0. The molecule has 1 atom stereocenters. The lowest BCUT2D eigenvalue weighted by Gasteiger charge is -2.13. The van der Waals surface area contributed by atoms with Gasteiger partial charge in [0.15, 0.2) is 16.1 Å². The number of nitrogens with zero attached hydrogens (tertiary/aromatic N) is 4. The number of hydrogen-bond acceptors (Lipinski definition) is 7. The van der Waals surface area contributed by atoms with Crippen LogP contribution < -0.4 is 10.1 Å². The van der Waals surface area contributed by atoms with Gasteiger partial charge in [-0.25, -0.2) is 4.98 Å². The van der Waals surface area contributed by atoms with Gasteiger partial charge in [0.1, 0.15) is 12.4 Å². The Morgan fingerprint density at radius 2 is 2.07 bits per heavy atom. The molecule has 7 nitrogen and oxygen atoms in total. The first-order valence-electron chi connectivity index (χ1n) is 8.92. The SMILES string of the molecule is CC(C)c1ccccc1OCc1nnc(S[C@H](C)C(=O)Nc2nccs2)n1C. The van der Waals surface area contributed by atoms with Gasteiger partial charge < -0.3 is 14.6 Å². The van der Waals surface area contributed by atoms with Gasteiger partial charge in [-0.3, -0.25) is 4.79 Å². The Bertz CT molecular complexity index is 924. The van der Waals surface area contributed by atoms with Gasteiger partial charge in [0, 0.05) is 18.6 Å². The Morgan fingerprint density at radius 1 is 1.29 bits per heavy atom. The summed E-state index contributed by atoms with van der Waals surface area (Å²) in [6.45, 7) is 6.42. The fraction of sp³-hybridized carbons (Fsp3) is 0.368. The van der Waals surface area contributed by atoms with Crippen LogP contribution in [0.4, 0.5) is 5.13 Å². The lowest BCUT2D eigenvalue weighted by Crippen LogP contribution is -2.22. The van der Waals surface area contributed by atoms with Crippen molar-refractivity contribution in [2.75, 3.05) is 5.32 Å². The highest BCUT2D eigenvalue weighted by Crippen LogP contribution is 2.27. The average Bonchev–Trinajstić information content (AvgIpc) is 3.31. The highest BCUT2D eigenvalue weighted by molar-refractivity contribution is 8.00. The predicted octanol–water partition coefficient (Wildman–Crippen LogP) is 4.09. The molecule has 148 valence electrons. The third-order valence-electron chi connectivity index (χ3n) is 4.14. The van der Waals surface area contributed by atoms with E-state index in [4.69, 9.17) is 4.74 Å². The maximum absolute atomic E-state index is 12.3. The van der Waals surface area contributed by atoms with Crippen molar-refractivity contribution in [2.24, 2.45) is 7.05 Å². The number of carbonyl (C=O) groups is 1. The largest absolute Gasteiger partial charge is 0.485 e. The Morgan fingerprint density at radius 3 is 2.79 bits per heavy atom. The van der Waals surface area contributed by atoms with Crippen molar-refractivity contribution < 1.29 is 9.53 Å². The Labute approximate surface area is 172 Å². The van der Waals surface area contributed by atoms with Crippen molar-refractivity contribution in [3.8, 4) is 5.75 Å². The number of thioether (sulfide) groups is 1. The molecule has 0 aliphatic heterocycles. The first-order valence-corrected chi connectivity index (χ1v) is 10.7. The number of ether oxygens (including phenoxy) is 1. The first-order chi connectivity index (χ1) is 13.5. The number of thiazole rings is 1. The highest BCUT2D eigenvalue weighted by Gasteiger charge is 2.20. The molecular formula is C19H23N5O2S2. The van der Waals surface area contributed by atoms with E-state index in [0.717, 1.165) is 11.3 Å². The predicted molar refractivity (Wildman–Crippen MR) is 112 cm³/mol. The van der Waals surface area contributed by atoms with Gasteiger partial charge in [-0.05, 0) is 24.5 Å². The van der Waals surface area contributed by atoms with E-state index in [-0.39, 0.29) is 11.2 Å². The van der Waals surface area contributed by atoms with E-state index < -0.39 is 0 Å². The van der Waals surface area contributed by atoms with E-state index in [1.54, 1.807) is 6.20 Å². The van der Waals surface area contributed by atoms with Gasteiger partial charge in [-0.2, -0.15) is 0 Å². The molecule has 0 saturated carbocycles. The molecule has 28 heavy (non-hydrogen) atoms. The maximum atomic E-state index is 12.3. The molecule has 0 spiro atoms. The van der Waals surface area contributed by atoms with Crippen LogP contribution >= 0.6 is 23.1 Å². The average molecular weight is 418 g/mol. The molecule has 3 rings (SSSR count). The number of benzene rings is 1. The minimum Gasteiger partial charge on any atom is -0.485 e. The zero-order chi connectivity index (χ0) is 20.1. The van der Waals surface area contributed by atoms with E-state index in [2.05, 4.69) is 40.4 Å². The van der Waals surface area contributed by atoms with Crippen molar-refractivity contribution in [2.45, 2.75) is 43.7 Å². The number of amides is 1. The van der Waals surface area contributed by atoms with Crippen molar-refractivity contribution in [3.63, 3.8) is 0 Å². The minimum atomic E-state index is -0.331. The molecule has 3 aromatic rings. The molecule has 0 saturated heterocycles. The molecule has 2 heterocycles. The Hall–Kier alpha value is -2.39. The van der Waals surface area contributed by atoms with Crippen LogP contribution in [0.25, 0.3) is 0 Å². The molecule has 9 heteroatoms. The highest BCUT2D eigenvalue weighted by atomic mass is 32.2. The van der Waals surface area contributed by atoms with Crippen LogP contribution in [0.1, 0.15) is 38.1 Å². The summed E-state index contributed by atoms with van der Waals surface area (Å²) in [5.41, 5.74) is 1.16. The van der Waals surface area contributed by atoms with Crippen molar-refractivity contribution in [3.05, 3.63) is 47.2 Å². The summed E-state index contributed by atoms with van der Waals surface area (Å²) in [7, 11) is 1.88. The van der Waals surface area contributed by atoms with Gasteiger partial charge in [-0.15, -0.1) is 21.5 Å². The van der Waals surface area contributed by atoms with E-state index in [1.807, 2.05) is 42.1 Å². The lowest BCUT2D eigenvalue weighted by molar-refractivity contribution is -0.115. The summed E-state index contributed by atoms with van der Waals surface area (Å²) >= 11 is 2.74. The van der Waals surface area contributed by atoms with Crippen LogP contribution in [0.15, 0.2) is 41.0 Å². The smallest absolute Gasteiger partial charge is 0.239 e. The first kappa shape index (κ1) is 20.3. The molecule has 0 unspecified atom stereocenters. The van der Waals surface area contributed by atoms with Crippen LogP contribution in [0.5, 0.6) is 5.75 Å². The number of rotatable bonds is 8. The monoisotopic (exact) mass is 417 g/mol. The summed E-state index contributed by atoms with van der Waals surface area (Å²) in [6, 6.07) is 8.01. The van der Waals surface area contributed by atoms with Gasteiger partial charge in [0.2, 0.25) is 5.91 Å². The van der Waals surface area contributed by atoms with Crippen LogP contribution in [0.2, 0.25) is 0 Å². The van der Waals surface area contributed by atoms with E-state index >= 15 is 0 Å². The van der Waals surface area contributed by atoms with E-state index in [0.29, 0.717) is 28.6 Å². The Kier molecular flexibility index (Phi) is 6.69. The normalized spacial score (nSPS) is 12.2. The number of carbonyl (C=O) groups excluding carboxylic acids is 1. The molecule has 0 radical (unpaired) electrons. The van der Waals surface area contributed by atoms with Crippen molar-refractivity contribution >= 4 is 34.1 Å². The fourth-order valence-corrected chi connectivity index (χ4v) is 3.87. The molecule has 0 aliphatic carbocycles. The van der Waals surface area contributed by atoms with Gasteiger partial charge in [0.05, 0.1) is 5.25 Å². The second-order valence-electron chi connectivity index (χ2n) is 6.53.